The second kappa shape index (κ2) is 7.73. The lowest BCUT2D eigenvalue weighted by Gasteiger charge is -2.27. The maximum atomic E-state index is 12.5. The Hall–Kier alpha value is -2.69. The van der Waals surface area contributed by atoms with Crippen molar-refractivity contribution < 1.29 is 9.59 Å². The third-order valence-corrected chi connectivity index (χ3v) is 4.23. The van der Waals surface area contributed by atoms with Crippen LogP contribution in [0.2, 0.25) is 0 Å². The van der Waals surface area contributed by atoms with Gasteiger partial charge in [0.05, 0.1) is 12.6 Å². The van der Waals surface area contributed by atoms with Gasteiger partial charge in [-0.1, -0.05) is 30.3 Å². The molecule has 3 rings (SSSR count). The molecule has 0 spiro atoms. The molecule has 5 heteroatoms. The van der Waals surface area contributed by atoms with Crippen molar-refractivity contribution in [2.75, 3.05) is 13.1 Å². The fourth-order valence-corrected chi connectivity index (χ4v) is 2.97. The molecule has 1 aliphatic rings. The van der Waals surface area contributed by atoms with Crippen molar-refractivity contribution in [3.05, 3.63) is 66.0 Å². The van der Waals surface area contributed by atoms with Gasteiger partial charge in [0.15, 0.2) is 0 Å². The summed E-state index contributed by atoms with van der Waals surface area (Å²) in [4.78, 5) is 30.1. The molecule has 0 radical (unpaired) electrons. The van der Waals surface area contributed by atoms with Crippen LogP contribution in [0.25, 0.3) is 0 Å². The fraction of sp³-hybridized carbons (Fsp3) is 0.316. The minimum Gasteiger partial charge on any atom is -0.344 e. The van der Waals surface area contributed by atoms with Crippen LogP contribution >= 0.6 is 0 Å². The molecule has 1 saturated heterocycles. The molecule has 1 N–H and O–H groups in total. The van der Waals surface area contributed by atoms with Gasteiger partial charge in [0, 0.05) is 25.4 Å². The van der Waals surface area contributed by atoms with E-state index in [0.29, 0.717) is 13.0 Å². The Morgan fingerprint density at radius 1 is 1.08 bits per heavy atom. The number of amides is 2. The molecule has 0 saturated carbocycles. The molecule has 1 unspecified atom stereocenters. The number of piperidine rings is 1. The van der Waals surface area contributed by atoms with E-state index in [2.05, 4.69) is 10.3 Å². The van der Waals surface area contributed by atoms with Crippen molar-refractivity contribution in [1.29, 1.82) is 0 Å². The van der Waals surface area contributed by atoms with Crippen LogP contribution in [0, 0.1) is 0 Å². The minimum absolute atomic E-state index is 0.0663. The number of hydrogen-bond acceptors (Lipinski definition) is 3. The first kappa shape index (κ1) is 16.2. The number of hydrogen-bond donors (Lipinski definition) is 1. The molecule has 2 aromatic rings. The van der Waals surface area contributed by atoms with Crippen molar-refractivity contribution in [3.8, 4) is 0 Å². The van der Waals surface area contributed by atoms with Gasteiger partial charge in [-0.25, -0.2) is 0 Å². The maximum Gasteiger partial charge on any atom is 0.240 e. The number of rotatable bonds is 5. The van der Waals surface area contributed by atoms with Gasteiger partial charge in [-0.05, 0) is 36.1 Å². The van der Waals surface area contributed by atoms with Gasteiger partial charge in [0.2, 0.25) is 11.8 Å². The Morgan fingerprint density at radius 3 is 2.50 bits per heavy atom. The SMILES string of the molecule is O=C(CN1CCCCC1=O)NC(c1ccccc1)c1ccncc1. The zero-order chi connectivity index (χ0) is 16.8. The topological polar surface area (TPSA) is 62.3 Å². The van der Waals surface area contributed by atoms with E-state index in [1.54, 1.807) is 17.3 Å². The predicted octanol–water partition coefficient (Wildman–Crippen LogP) is 2.30. The van der Waals surface area contributed by atoms with Gasteiger partial charge in [0.1, 0.15) is 0 Å². The largest absolute Gasteiger partial charge is 0.344 e. The number of nitrogens with zero attached hydrogens (tertiary/aromatic N) is 2. The molecule has 24 heavy (non-hydrogen) atoms. The average molecular weight is 323 g/mol. The van der Waals surface area contributed by atoms with Gasteiger partial charge in [-0.3, -0.25) is 14.6 Å². The Kier molecular flexibility index (Phi) is 5.21. The summed E-state index contributed by atoms with van der Waals surface area (Å²) in [5.74, 6) is -0.0764. The molecule has 1 atom stereocenters. The predicted molar refractivity (Wildman–Crippen MR) is 91.1 cm³/mol. The first-order valence-corrected chi connectivity index (χ1v) is 8.26. The molecule has 1 aromatic carbocycles. The van der Waals surface area contributed by atoms with Gasteiger partial charge in [0.25, 0.3) is 0 Å². The number of carbonyl (C=O) groups excluding carboxylic acids is 2. The summed E-state index contributed by atoms with van der Waals surface area (Å²) in [6.07, 6.45) is 5.85. The van der Waals surface area contributed by atoms with Gasteiger partial charge < -0.3 is 10.2 Å². The molecule has 1 fully saturated rings. The highest BCUT2D eigenvalue weighted by molar-refractivity contribution is 5.85. The van der Waals surface area contributed by atoms with Crippen LogP contribution in [0.15, 0.2) is 54.9 Å². The zero-order valence-corrected chi connectivity index (χ0v) is 13.5. The lowest BCUT2D eigenvalue weighted by Crippen LogP contribution is -2.44. The van der Waals surface area contributed by atoms with Crippen molar-refractivity contribution in [2.45, 2.75) is 25.3 Å². The van der Waals surface area contributed by atoms with E-state index in [4.69, 9.17) is 0 Å². The van der Waals surface area contributed by atoms with Crippen molar-refractivity contribution in [1.82, 2.24) is 15.2 Å². The Labute approximate surface area is 141 Å². The van der Waals surface area contributed by atoms with Crippen molar-refractivity contribution >= 4 is 11.8 Å². The number of nitrogens with one attached hydrogen (secondary N) is 1. The van der Waals surface area contributed by atoms with Crippen LogP contribution in [-0.4, -0.2) is 34.8 Å². The van der Waals surface area contributed by atoms with Gasteiger partial charge in [-0.2, -0.15) is 0 Å². The number of likely N-dealkylation sites (tertiary alicyclic amines) is 1. The van der Waals surface area contributed by atoms with Crippen LogP contribution in [-0.2, 0) is 9.59 Å². The smallest absolute Gasteiger partial charge is 0.240 e. The number of pyridine rings is 1. The third kappa shape index (κ3) is 3.98. The lowest BCUT2D eigenvalue weighted by atomic mass is 9.99. The monoisotopic (exact) mass is 323 g/mol. The summed E-state index contributed by atoms with van der Waals surface area (Å²) < 4.78 is 0. The van der Waals surface area contributed by atoms with Crippen LogP contribution in [0.1, 0.15) is 36.4 Å². The average Bonchev–Trinajstić information content (AvgIpc) is 2.63. The number of benzene rings is 1. The Balaban J connectivity index is 1.74. The molecule has 1 aromatic heterocycles. The Bertz CT molecular complexity index is 649. The van der Waals surface area contributed by atoms with Crippen molar-refractivity contribution in [3.63, 3.8) is 0 Å². The summed E-state index contributed by atoms with van der Waals surface area (Å²) in [5, 5.41) is 3.06. The summed E-state index contributed by atoms with van der Waals surface area (Å²) in [7, 11) is 0. The van der Waals surface area contributed by atoms with Gasteiger partial charge >= 0.3 is 0 Å². The third-order valence-electron chi connectivity index (χ3n) is 4.23. The molecule has 0 bridgehead atoms. The number of carbonyl (C=O) groups is 2. The first-order valence-electron chi connectivity index (χ1n) is 8.26. The molecular weight excluding hydrogens is 302 g/mol. The van der Waals surface area contributed by atoms with E-state index in [1.807, 2.05) is 42.5 Å². The molecule has 2 amide bonds. The molecule has 2 heterocycles. The normalized spacial score (nSPS) is 15.8. The van der Waals surface area contributed by atoms with Crippen LogP contribution in [0.5, 0.6) is 0 Å². The van der Waals surface area contributed by atoms with E-state index in [1.165, 1.54) is 0 Å². The van der Waals surface area contributed by atoms with E-state index in [0.717, 1.165) is 24.0 Å². The van der Waals surface area contributed by atoms with E-state index < -0.39 is 0 Å². The highest BCUT2D eigenvalue weighted by Gasteiger charge is 2.23. The van der Waals surface area contributed by atoms with E-state index >= 15 is 0 Å². The van der Waals surface area contributed by atoms with E-state index in [9.17, 15) is 9.59 Å². The first-order chi connectivity index (χ1) is 11.7. The molecule has 0 aliphatic carbocycles. The van der Waals surface area contributed by atoms with Crippen LogP contribution in [0.4, 0.5) is 0 Å². The minimum atomic E-state index is -0.249. The lowest BCUT2D eigenvalue weighted by molar-refractivity contribution is -0.137. The van der Waals surface area contributed by atoms with E-state index in [-0.39, 0.29) is 24.4 Å². The van der Waals surface area contributed by atoms with Crippen molar-refractivity contribution in [2.24, 2.45) is 0 Å². The summed E-state index contributed by atoms with van der Waals surface area (Å²) in [5.41, 5.74) is 1.97. The summed E-state index contributed by atoms with van der Waals surface area (Å²) in [6, 6.07) is 13.3. The van der Waals surface area contributed by atoms with Crippen LogP contribution < -0.4 is 5.32 Å². The summed E-state index contributed by atoms with van der Waals surface area (Å²) >= 11 is 0. The second-order valence-corrected chi connectivity index (χ2v) is 5.96. The Morgan fingerprint density at radius 2 is 1.79 bits per heavy atom. The maximum absolute atomic E-state index is 12.5. The standard InChI is InChI=1S/C19H21N3O2/c23-17(14-22-13-5-4-8-18(22)24)21-19(15-6-2-1-3-7-15)16-9-11-20-12-10-16/h1-3,6-7,9-12,19H,4-5,8,13-14H2,(H,21,23). The quantitative estimate of drug-likeness (QED) is 0.918. The number of aromatic nitrogens is 1. The van der Waals surface area contributed by atoms with Gasteiger partial charge in [-0.15, -0.1) is 0 Å². The fourth-order valence-electron chi connectivity index (χ4n) is 2.97. The molecule has 1 aliphatic heterocycles. The highest BCUT2D eigenvalue weighted by Crippen LogP contribution is 2.21. The molecule has 124 valence electrons. The van der Waals surface area contributed by atoms with Crippen LogP contribution in [0.3, 0.4) is 0 Å². The molecular formula is C19H21N3O2. The second-order valence-electron chi connectivity index (χ2n) is 5.96. The zero-order valence-electron chi connectivity index (χ0n) is 13.5. The molecule has 5 nitrogen and oxygen atoms in total. The highest BCUT2D eigenvalue weighted by atomic mass is 16.2. The summed E-state index contributed by atoms with van der Waals surface area (Å²) in [6.45, 7) is 0.783.